The first kappa shape index (κ1) is 27.1. The van der Waals surface area contributed by atoms with Gasteiger partial charge in [-0.05, 0) is 55.3 Å². The number of fused-ring (bicyclic) bond motifs is 10. The maximum atomic E-state index is 2.56. The van der Waals surface area contributed by atoms with Crippen LogP contribution in [0.15, 0.2) is 121 Å². The Balaban J connectivity index is 1.37. The second-order valence-electron chi connectivity index (χ2n) is 12.7. The highest BCUT2D eigenvalue weighted by Gasteiger charge is 2.23. The molecule has 0 aliphatic carbocycles. The van der Waals surface area contributed by atoms with E-state index in [2.05, 4.69) is 153 Å². The van der Waals surface area contributed by atoms with Gasteiger partial charge in [0.25, 0.3) is 0 Å². The summed E-state index contributed by atoms with van der Waals surface area (Å²) in [5, 5.41) is 7.98. The molecule has 0 atom stereocenters. The first-order valence-electron chi connectivity index (χ1n) is 16.9. The number of nitrogens with zero attached hydrogens (tertiary/aromatic N) is 4. The quantitative estimate of drug-likeness (QED) is 0.166. The van der Waals surface area contributed by atoms with E-state index >= 15 is 0 Å². The van der Waals surface area contributed by atoms with Gasteiger partial charge in [-0.2, -0.15) is 0 Å². The zero-order chi connectivity index (χ0) is 30.8. The summed E-state index contributed by atoms with van der Waals surface area (Å²) in [6, 6.07) is 45.0. The van der Waals surface area contributed by atoms with Gasteiger partial charge in [-0.25, -0.2) is 0 Å². The summed E-state index contributed by atoms with van der Waals surface area (Å²) in [6.45, 7) is 6.56. The van der Waals surface area contributed by atoms with Gasteiger partial charge in [0.2, 0.25) is 0 Å². The summed E-state index contributed by atoms with van der Waals surface area (Å²) >= 11 is 0. The van der Waals surface area contributed by atoms with Gasteiger partial charge in [-0.3, -0.25) is 9.13 Å². The van der Waals surface area contributed by atoms with Crippen molar-refractivity contribution in [3.05, 3.63) is 121 Å². The van der Waals surface area contributed by atoms with Gasteiger partial charge in [0, 0.05) is 56.8 Å². The molecule has 0 N–H and O–H groups in total. The molecule has 0 radical (unpaired) electrons. The number of aryl methyl sites for hydroxylation is 2. The van der Waals surface area contributed by atoms with Crippen molar-refractivity contribution in [2.75, 3.05) is 0 Å². The normalized spacial score (nSPS) is 12.2. The van der Waals surface area contributed by atoms with Crippen molar-refractivity contribution in [3.63, 3.8) is 0 Å². The van der Waals surface area contributed by atoms with Crippen LogP contribution < -0.4 is 0 Å². The van der Waals surface area contributed by atoms with Crippen molar-refractivity contribution < 1.29 is 0 Å². The molecule has 5 aromatic carbocycles. The van der Waals surface area contributed by atoms with Crippen molar-refractivity contribution in [1.82, 2.24) is 18.3 Å². The van der Waals surface area contributed by atoms with Gasteiger partial charge in [-0.1, -0.05) is 106 Å². The molecule has 226 valence electrons. The zero-order valence-corrected chi connectivity index (χ0v) is 26.6. The maximum absolute atomic E-state index is 2.56. The average molecular weight is 599 g/mol. The van der Waals surface area contributed by atoms with Gasteiger partial charge in [-0.15, -0.1) is 0 Å². The van der Waals surface area contributed by atoms with E-state index in [1.165, 1.54) is 77.1 Å². The highest BCUT2D eigenvalue weighted by atomic mass is 15.2. The first-order chi connectivity index (χ1) is 22.8. The first-order valence-corrected chi connectivity index (χ1v) is 16.9. The molecule has 0 aliphatic heterocycles. The van der Waals surface area contributed by atoms with E-state index in [-0.39, 0.29) is 0 Å². The van der Waals surface area contributed by atoms with Gasteiger partial charge in [0.05, 0.1) is 22.1 Å². The molecule has 4 heteroatoms. The molecule has 4 heterocycles. The monoisotopic (exact) mass is 598 g/mol. The van der Waals surface area contributed by atoms with Crippen LogP contribution in [0.5, 0.6) is 0 Å². The SMILES string of the molecule is CCCCn1c2ccccc2c2c3ccccc3n(-c3cccc(-n4c5ccccc5c5c6ccccc6n(CCCC)c54)c3)c21. The lowest BCUT2D eigenvalue weighted by atomic mass is 10.1. The third-order valence-corrected chi connectivity index (χ3v) is 9.96. The summed E-state index contributed by atoms with van der Waals surface area (Å²) in [4.78, 5) is 0. The Morgan fingerprint density at radius 1 is 0.413 bits per heavy atom. The molecule has 0 saturated heterocycles. The molecule has 0 bridgehead atoms. The fourth-order valence-electron chi connectivity index (χ4n) is 7.94. The smallest absolute Gasteiger partial charge is 0.126 e. The molecular formula is C42H38N4. The lowest BCUT2D eigenvalue weighted by Crippen LogP contribution is -2.06. The largest absolute Gasteiger partial charge is 0.326 e. The predicted molar refractivity (Wildman–Crippen MR) is 196 cm³/mol. The van der Waals surface area contributed by atoms with E-state index in [1.54, 1.807) is 0 Å². The van der Waals surface area contributed by atoms with Crippen molar-refractivity contribution in [1.29, 1.82) is 0 Å². The van der Waals surface area contributed by atoms with Crippen LogP contribution >= 0.6 is 0 Å². The number of aromatic nitrogens is 4. The van der Waals surface area contributed by atoms with E-state index in [4.69, 9.17) is 0 Å². The van der Waals surface area contributed by atoms with Crippen LogP contribution in [0, 0.1) is 0 Å². The predicted octanol–water partition coefficient (Wildman–Crippen LogP) is 11.4. The van der Waals surface area contributed by atoms with Crippen LogP contribution in [0.25, 0.3) is 77.1 Å². The average Bonchev–Trinajstić information content (AvgIpc) is 3.81. The summed E-state index contributed by atoms with van der Waals surface area (Å²) in [6.07, 6.45) is 4.61. The fourth-order valence-corrected chi connectivity index (χ4v) is 7.94. The molecule has 0 unspecified atom stereocenters. The second-order valence-corrected chi connectivity index (χ2v) is 12.7. The Labute approximate surface area is 268 Å². The molecular weight excluding hydrogens is 560 g/mol. The fraction of sp³-hybridized carbons (Fsp3) is 0.190. The molecule has 46 heavy (non-hydrogen) atoms. The van der Waals surface area contributed by atoms with Gasteiger partial charge in [0.15, 0.2) is 0 Å². The van der Waals surface area contributed by atoms with Crippen LogP contribution in [0.3, 0.4) is 0 Å². The van der Waals surface area contributed by atoms with Crippen LogP contribution in [-0.4, -0.2) is 18.3 Å². The summed E-state index contributed by atoms with van der Waals surface area (Å²) in [7, 11) is 0. The molecule has 9 aromatic rings. The van der Waals surface area contributed by atoms with Crippen molar-refractivity contribution in [2.45, 2.75) is 52.6 Å². The van der Waals surface area contributed by atoms with Crippen LogP contribution in [-0.2, 0) is 13.1 Å². The second kappa shape index (κ2) is 10.7. The number of rotatable bonds is 8. The summed E-state index contributed by atoms with van der Waals surface area (Å²) < 4.78 is 10.2. The van der Waals surface area contributed by atoms with Crippen LogP contribution in [0.4, 0.5) is 0 Å². The standard InChI is InChI=1S/C42H38N4/c1-3-5-26-43-35-22-11-7-18-31(35)39-33-20-9-13-24-37(33)45(41(39)43)29-16-15-17-30(28-29)46-38-25-14-10-21-34(38)40-32-19-8-12-23-36(32)44(42(40)46)27-6-4-2/h7-25,28H,3-6,26-27H2,1-2H3. The van der Waals surface area contributed by atoms with Crippen molar-refractivity contribution >= 4 is 65.7 Å². The molecule has 4 aromatic heterocycles. The molecule has 0 aliphatic rings. The highest BCUT2D eigenvalue weighted by Crippen LogP contribution is 2.42. The highest BCUT2D eigenvalue weighted by molar-refractivity contribution is 6.23. The van der Waals surface area contributed by atoms with E-state index in [0.29, 0.717) is 0 Å². The minimum absolute atomic E-state index is 0.997. The van der Waals surface area contributed by atoms with E-state index in [9.17, 15) is 0 Å². The Morgan fingerprint density at radius 2 is 0.783 bits per heavy atom. The van der Waals surface area contributed by atoms with Crippen LogP contribution in [0.2, 0.25) is 0 Å². The van der Waals surface area contributed by atoms with E-state index in [1.807, 2.05) is 0 Å². The number of benzene rings is 5. The third kappa shape index (κ3) is 3.79. The lowest BCUT2D eigenvalue weighted by molar-refractivity contribution is 0.658. The number of hydrogen-bond donors (Lipinski definition) is 0. The Kier molecular flexibility index (Phi) is 6.31. The van der Waals surface area contributed by atoms with E-state index < -0.39 is 0 Å². The zero-order valence-electron chi connectivity index (χ0n) is 26.6. The molecule has 0 spiro atoms. The topological polar surface area (TPSA) is 19.7 Å². The Bertz CT molecular complexity index is 2390. The number of hydrogen-bond acceptors (Lipinski definition) is 0. The molecule has 0 amide bonds. The maximum Gasteiger partial charge on any atom is 0.126 e. The van der Waals surface area contributed by atoms with Crippen LogP contribution in [0.1, 0.15) is 39.5 Å². The minimum Gasteiger partial charge on any atom is -0.326 e. The molecule has 4 nitrogen and oxygen atoms in total. The van der Waals surface area contributed by atoms with Crippen molar-refractivity contribution in [2.24, 2.45) is 0 Å². The Hall–Kier alpha value is -5.22. The lowest BCUT2D eigenvalue weighted by Gasteiger charge is -2.16. The molecule has 0 saturated carbocycles. The van der Waals surface area contributed by atoms with E-state index in [0.717, 1.165) is 38.8 Å². The van der Waals surface area contributed by atoms with Crippen molar-refractivity contribution in [3.8, 4) is 11.4 Å². The number of para-hydroxylation sites is 4. The minimum atomic E-state index is 0.997. The van der Waals surface area contributed by atoms with Gasteiger partial charge in [0.1, 0.15) is 11.3 Å². The number of unbranched alkanes of at least 4 members (excludes halogenated alkanes) is 2. The summed E-state index contributed by atoms with van der Waals surface area (Å²) in [5.74, 6) is 0. The summed E-state index contributed by atoms with van der Waals surface area (Å²) in [5.41, 5.74) is 10.1. The third-order valence-electron chi connectivity index (χ3n) is 9.96. The van der Waals surface area contributed by atoms with Gasteiger partial charge >= 0.3 is 0 Å². The van der Waals surface area contributed by atoms with Gasteiger partial charge < -0.3 is 9.13 Å². The molecule has 0 fully saturated rings. The Morgan fingerprint density at radius 3 is 1.20 bits per heavy atom. The molecule has 9 rings (SSSR count).